The van der Waals surface area contributed by atoms with Crippen molar-refractivity contribution in [1.29, 1.82) is 0 Å². The van der Waals surface area contributed by atoms with Crippen molar-refractivity contribution in [3.8, 4) is 22.6 Å². The van der Waals surface area contributed by atoms with E-state index >= 15 is 0 Å². The quantitative estimate of drug-likeness (QED) is 0.917. The second kappa shape index (κ2) is 5.82. The molecule has 0 fully saturated rings. The van der Waals surface area contributed by atoms with Gasteiger partial charge in [-0.05, 0) is 72.7 Å². The Morgan fingerprint density at radius 2 is 2.08 bits per heavy atom. The molecule has 0 bridgehead atoms. The second-order valence-corrected chi connectivity index (χ2v) is 7.02. The summed E-state index contributed by atoms with van der Waals surface area (Å²) in [4.78, 5) is 2.61. The lowest BCUT2D eigenvalue weighted by molar-refractivity contribution is 0.182. The van der Waals surface area contributed by atoms with Crippen LogP contribution in [0.2, 0.25) is 0 Å². The molecule has 0 amide bonds. The fourth-order valence-corrected chi connectivity index (χ4v) is 4.41. The SMILES string of the molecule is CCCN1CCc2cc(OC)cc3c2[C@H]1Cc1ccc(C)c(O)c1-3. The standard InChI is InChI=1S/C21H25NO2/c1-4-8-22-9-7-15-10-16(24-3)12-17-19(15)18(22)11-14-6-5-13(2)21(23)20(14)17/h5-6,10,12,18,23H,4,7-9,11H2,1-3H3/t18-/m1/s1. The third-order valence-electron chi connectivity index (χ3n) is 5.58. The highest BCUT2D eigenvalue weighted by molar-refractivity contribution is 5.82. The van der Waals surface area contributed by atoms with Crippen molar-refractivity contribution in [2.24, 2.45) is 0 Å². The molecule has 0 saturated heterocycles. The molecular formula is C21H25NO2. The number of hydrogen-bond acceptors (Lipinski definition) is 3. The molecule has 0 spiro atoms. The maximum absolute atomic E-state index is 10.7. The van der Waals surface area contributed by atoms with Crippen LogP contribution < -0.4 is 4.74 Å². The number of benzene rings is 2. The number of nitrogens with zero attached hydrogens (tertiary/aromatic N) is 1. The first kappa shape index (κ1) is 15.5. The lowest BCUT2D eigenvalue weighted by Crippen LogP contribution is -2.38. The summed E-state index contributed by atoms with van der Waals surface area (Å²) in [6.45, 7) is 6.45. The Labute approximate surface area is 143 Å². The molecule has 1 atom stereocenters. The molecule has 24 heavy (non-hydrogen) atoms. The van der Waals surface area contributed by atoms with Crippen molar-refractivity contribution < 1.29 is 9.84 Å². The number of methoxy groups -OCH3 is 1. The molecule has 0 radical (unpaired) electrons. The Bertz CT molecular complexity index is 797. The predicted molar refractivity (Wildman–Crippen MR) is 96.8 cm³/mol. The molecule has 1 aliphatic heterocycles. The van der Waals surface area contributed by atoms with Crippen molar-refractivity contribution in [3.63, 3.8) is 0 Å². The lowest BCUT2D eigenvalue weighted by atomic mass is 9.76. The van der Waals surface area contributed by atoms with Gasteiger partial charge >= 0.3 is 0 Å². The van der Waals surface area contributed by atoms with Crippen LogP contribution in [0, 0.1) is 6.92 Å². The number of phenolic OH excluding ortho intramolecular Hbond substituents is 1. The summed E-state index contributed by atoms with van der Waals surface area (Å²) < 4.78 is 5.55. The number of hydrogen-bond donors (Lipinski definition) is 1. The molecule has 1 N–H and O–H groups in total. The monoisotopic (exact) mass is 323 g/mol. The normalized spacial score (nSPS) is 18.9. The van der Waals surface area contributed by atoms with Crippen LogP contribution in [-0.4, -0.2) is 30.2 Å². The molecule has 1 aliphatic carbocycles. The number of fused-ring (bicyclic) bond motifs is 2. The Kier molecular flexibility index (Phi) is 3.76. The van der Waals surface area contributed by atoms with Crippen LogP contribution in [-0.2, 0) is 12.8 Å². The molecule has 126 valence electrons. The molecule has 0 aromatic heterocycles. The summed E-state index contributed by atoms with van der Waals surface area (Å²) in [5.74, 6) is 1.31. The van der Waals surface area contributed by atoms with Gasteiger partial charge in [0.2, 0.25) is 0 Å². The van der Waals surface area contributed by atoms with Gasteiger partial charge in [-0.15, -0.1) is 0 Å². The van der Waals surface area contributed by atoms with Gasteiger partial charge < -0.3 is 9.84 Å². The molecule has 2 aromatic rings. The van der Waals surface area contributed by atoms with E-state index in [1.54, 1.807) is 7.11 Å². The third-order valence-corrected chi connectivity index (χ3v) is 5.58. The van der Waals surface area contributed by atoms with Crippen molar-refractivity contribution in [2.45, 2.75) is 39.2 Å². The highest BCUT2D eigenvalue weighted by Crippen LogP contribution is 2.50. The Morgan fingerprint density at radius 3 is 2.83 bits per heavy atom. The highest BCUT2D eigenvalue weighted by atomic mass is 16.5. The summed E-state index contributed by atoms with van der Waals surface area (Å²) in [6, 6.07) is 8.94. The van der Waals surface area contributed by atoms with Crippen LogP contribution in [0.15, 0.2) is 24.3 Å². The van der Waals surface area contributed by atoms with Crippen LogP contribution in [0.25, 0.3) is 11.1 Å². The van der Waals surface area contributed by atoms with E-state index in [1.165, 1.54) is 23.1 Å². The molecule has 3 heteroatoms. The zero-order chi connectivity index (χ0) is 16.8. The van der Waals surface area contributed by atoms with Gasteiger partial charge in [-0.3, -0.25) is 4.90 Å². The molecule has 1 heterocycles. The zero-order valence-corrected chi connectivity index (χ0v) is 14.7. The number of aromatic hydroxyl groups is 1. The first-order valence-corrected chi connectivity index (χ1v) is 8.90. The smallest absolute Gasteiger partial charge is 0.126 e. The van der Waals surface area contributed by atoms with Crippen molar-refractivity contribution in [3.05, 3.63) is 46.5 Å². The average Bonchev–Trinajstić information content (AvgIpc) is 2.60. The molecule has 2 aromatic carbocycles. The Hall–Kier alpha value is -2.00. The van der Waals surface area contributed by atoms with Gasteiger partial charge in [0.15, 0.2) is 0 Å². The van der Waals surface area contributed by atoms with E-state index in [9.17, 15) is 5.11 Å². The summed E-state index contributed by atoms with van der Waals surface area (Å²) in [5, 5.41) is 10.7. The maximum Gasteiger partial charge on any atom is 0.126 e. The van der Waals surface area contributed by atoms with Crippen LogP contribution in [0.4, 0.5) is 0 Å². The van der Waals surface area contributed by atoms with Crippen molar-refractivity contribution >= 4 is 0 Å². The molecule has 3 nitrogen and oxygen atoms in total. The van der Waals surface area contributed by atoms with E-state index in [0.29, 0.717) is 11.8 Å². The Balaban J connectivity index is 1.98. The fraction of sp³-hybridized carbons (Fsp3) is 0.429. The first-order valence-electron chi connectivity index (χ1n) is 8.90. The molecule has 0 unspecified atom stereocenters. The van der Waals surface area contributed by atoms with Gasteiger partial charge in [0.25, 0.3) is 0 Å². The van der Waals surface area contributed by atoms with Gasteiger partial charge in [0.1, 0.15) is 11.5 Å². The van der Waals surface area contributed by atoms with E-state index in [0.717, 1.165) is 48.4 Å². The van der Waals surface area contributed by atoms with E-state index in [1.807, 2.05) is 13.0 Å². The summed E-state index contributed by atoms with van der Waals surface area (Å²) in [6.07, 6.45) is 3.21. The lowest BCUT2D eigenvalue weighted by Gasteiger charge is -2.42. The fourth-order valence-electron chi connectivity index (χ4n) is 4.41. The minimum atomic E-state index is 0.421. The summed E-state index contributed by atoms with van der Waals surface area (Å²) in [7, 11) is 1.72. The minimum absolute atomic E-state index is 0.421. The zero-order valence-electron chi connectivity index (χ0n) is 14.7. The number of aryl methyl sites for hydroxylation is 1. The van der Waals surface area contributed by atoms with Crippen molar-refractivity contribution in [2.75, 3.05) is 20.2 Å². The van der Waals surface area contributed by atoms with E-state index in [4.69, 9.17) is 4.74 Å². The van der Waals surface area contributed by atoms with Crippen LogP contribution >= 0.6 is 0 Å². The average molecular weight is 323 g/mol. The van der Waals surface area contributed by atoms with Crippen LogP contribution in [0.1, 0.15) is 41.6 Å². The van der Waals surface area contributed by atoms with E-state index in [-0.39, 0.29) is 0 Å². The maximum atomic E-state index is 10.7. The van der Waals surface area contributed by atoms with Gasteiger partial charge in [-0.1, -0.05) is 19.1 Å². The van der Waals surface area contributed by atoms with Crippen molar-refractivity contribution in [1.82, 2.24) is 4.90 Å². The molecule has 0 saturated carbocycles. The van der Waals surface area contributed by atoms with Gasteiger partial charge in [0.05, 0.1) is 7.11 Å². The minimum Gasteiger partial charge on any atom is -0.507 e. The second-order valence-electron chi connectivity index (χ2n) is 7.02. The van der Waals surface area contributed by atoms with Gasteiger partial charge in [-0.25, -0.2) is 0 Å². The van der Waals surface area contributed by atoms with E-state index in [2.05, 4.69) is 30.0 Å². The number of ether oxygens (including phenoxy) is 1. The summed E-state index contributed by atoms with van der Waals surface area (Å²) in [5.41, 5.74) is 7.15. The largest absolute Gasteiger partial charge is 0.507 e. The summed E-state index contributed by atoms with van der Waals surface area (Å²) >= 11 is 0. The van der Waals surface area contributed by atoms with Crippen LogP contribution in [0.3, 0.4) is 0 Å². The highest BCUT2D eigenvalue weighted by Gasteiger charge is 2.35. The third kappa shape index (κ3) is 2.22. The molecular weight excluding hydrogens is 298 g/mol. The number of rotatable bonds is 3. The predicted octanol–water partition coefficient (Wildman–Crippen LogP) is 4.24. The van der Waals surface area contributed by atoms with Gasteiger partial charge in [0, 0.05) is 18.2 Å². The first-order chi connectivity index (χ1) is 11.6. The molecule has 2 aliphatic rings. The number of phenols is 1. The van der Waals surface area contributed by atoms with E-state index < -0.39 is 0 Å². The topological polar surface area (TPSA) is 32.7 Å². The Morgan fingerprint density at radius 1 is 1.25 bits per heavy atom. The molecule has 4 rings (SSSR count). The van der Waals surface area contributed by atoms with Gasteiger partial charge in [-0.2, -0.15) is 0 Å². The van der Waals surface area contributed by atoms with Crippen LogP contribution in [0.5, 0.6) is 11.5 Å².